The molecular formula is C31H39F3O4. The number of hydrogen-bond acceptors (Lipinski definition) is 4. The van der Waals surface area contributed by atoms with Crippen LogP contribution in [0.15, 0.2) is 47.1 Å². The number of terminal acetylenes is 1. The molecule has 1 aromatic rings. The van der Waals surface area contributed by atoms with Crippen LogP contribution < -0.4 is 4.74 Å². The topological polar surface area (TPSA) is 55.8 Å². The number of carbonyl (C=O) groups excluding carboxylic acids is 1. The minimum atomic E-state index is -2.59. The van der Waals surface area contributed by atoms with Gasteiger partial charge in [0.25, 0.3) is 6.43 Å². The average Bonchev–Trinajstić information content (AvgIpc) is 3.23. The highest BCUT2D eigenvalue weighted by Gasteiger charge is 2.56. The van der Waals surface area contributed by atoms with Gasteiger partial charge in [-0.3, -0.25) is 9.18 Å². The maximum Gasteiger partial charge on any atom is 0.298 e. The van der Waals surface area contributed by atoms with Crippen LogP contribution in [0.4, 0.5) is 13.2 Å². The maximum absolute atomic E-state index is 12.1. The quantitative estimate of drug-likeness (QED) is 0.350. The summed E-state index contributed by atoms with van der Waals surface area (Å²) in [5, 5.41) is 11.0. The highest BCUT2D eigenvalue weighted by atomic mass is 19.3. The van der Waals surface area contributed by atoms with Gasteiger partial charge in [0, 0.05) is 25.0 Å². The number of alkyl halides is 3. The fraction of sp³-hybridized carbons (Fsp3) is 0.581. The number of aliphatic hydroxyl groups excluding tert-OH is 1. The Kier molecular flexibility index (Phi) is 10.6. The number of allylic oxidation sites excluding steroid dienone is 4. The molecule has 1 N–H and O–H groups in total. The monoisotopic (exact) mass is 532 g/mol. The van der Waals surface area contributed by atoms with E-state index in [0.29, 0.717) is 38.6 Å². The normalized spacial score (nSPS) is 29.4. The average molecular weight is 533 g/mol. The summed E-state index contributed by atoms with van der Waals surface area (Å²) in [6.45, 7) is 3.40. The molecule has 7 heteroatoms. The molecular weight excluding hydrogens is 493 g/mol. The van der Waals surface area contributed by atoms with Gasteiger partial charge in [0.2, 0.25) is 0 Å². The summed E-state index contributed by atoms with van der Waals surface area (Å²) in [5.74, 6) is 3.64. The van der Waals surface area contributed by atoms with Gasteiger partial charge in [-0.1, -0.05) is 30.7 Å². The molecule has 208 valence electrons. The van der Waals surface area contributed by atoms with Crippen molar-refractivity contribution >= 4 is 5.78 Å². The second-order valence-electron chi connectivity index (χ2n) is 10.5. The van der Waals surface area contributed by atoms with Gasteiger partial charge in [0.05, 0.1) is 19.9 Å². The highest BCUT2D eigenvalue weighted by molar-refractivity contribution is 5.93. The van der Waals surface area contributed by atoms with Crippen molar-refractivity contribution in [3.8, 4) is 18.1 Å². The number of fused-ring (bicyclic) bond motifs is 4. The van der Waals surface area contributed by atoms with E-state index in [-0.39, 0.29) is 23.2 Å². The Morgan fingerprint density at radius 1 is 1.13 bits per heavy atom. The van der Waals surface area contributed by atoms with Crippen molar-refractivity contribution in [3.05, 3.63) is 52.6 Å². The number of para-hydroxylation sites is 1. The molecule has 0 amide bonds. The van der Waals surface area contributed by atoms with Crippen LogP contribution in [0.25, 0.3) is 0 Å². The summed E-state index contributed by atoms with van der Waals surface area (Å²) in [6, 6.07) is 8.40. The number of methoxy groups -OCH3 is 1. The summed E-state index contributed by atoms with van der Waals surface area (Å²) in [4.78, 5) is 12.1. The molecule has 4 aliphatic carbocycles. The minimum Gasteiger partial charge on any atom is -0.491 e. The Bertz CT molecular complexity index is 1070. The SMILES string of the molecule is C#CC(F)F.CF.COCCOc1ccccc1C1CC2(C)C(O)CCC2C2CCC3=CC(=O)CCC3=C12. The highest BCUT2D eigenvalue weighted by Crippen LogP contribution is 2.64. The molecule has 2 fully saturated rings. The van der Waals surface area contributed by atoms with Crippen molar-refractivity contribution in [3.63, 3.8) is 0 Å². The second kappa shape index (κ2) is 13.5. The predicted octanol–water partition coefficient (Wildman–Crippen LogP) is 6.44. The van der Waals surface area contributed by atoms with Crippen molar-refractivity contribution in [2.24, 2.45) is 17.3 Å². The van der Waals surface area contributed by atoms with E-state index in [2.05, 4.69) is 31.5 Å². The van der Waals surface area contributed by atoms with Crippen LogP contribution in [0.5, 0.6) is 5.75 Å². The zero-order chi connectivity index (χ0) is 27.9. The van der Waals surface area contributed by atoms with Crippen LogP contribution in [-0.2, 0) is 9.53 Å². The van der Waals surface area contributed by atoms with Crippen molar-refractivity contribution in [2.75, 3.05) is 27.5 Å². The van der Waals surface area contributed by atoms with E-state index in [4.69, 9.17) is 9.47 Å². The number of ether oxygens (including phenoxy) is 2. The molecule has 5 unspecified atom stereocenters. The van der Waals surface area contributed by atoms with Crippen LogP contribution in [-0.4, -0.2) is 50.9 Å². The van der Waals surface area contributed by atoms with E-state index in [1.165, 1.54) is 22.6 Å². The smallest absolute Gasteiger partial charge is 0.298 e. The zero-order valence-electron chi connectivity index (χ0n) is 22.5. The molecule has 4 nitrogen and oxygen atoms in total. The fourth-order valence-corrected chi connectivity index (χ4v) is 7.05. The third kappa shape index (κ3) is 6.18. The van der Waals surface area contributed by atoms with Gasteiger partial charge in [0.15, 0.2) is 5.78 Å². The number of benzene rings is 1. The summed E-state index contributed by atoms with van der Waals surface area (Å²) >= 11 is 0. The molecule has 1 aromatic carbocycles. The minimum absolute atomic E-state index is 0.0647. The number of aliphatic hydroxyl groups is 1. The largest absolute Gasteiger partial charge is 0.491 e. The molecule has 0 radical (unpaired) electrons. The van der Waals surface area contributed by atoms with Gasteiger partial charge in [0.1, 0.15) is 12.4 Å². The molecule has 0 bridgehead atoms. The van der Waals surface area contributed by atoms with Gasteiger partial charge in [-0.05, 0) is 85.0 Å². The molecule has 38 heavy (non-hydrogen) atoms. The molecule has 5 atom stereocenters. The molecule has 0 aromatic heterocycles. The molecule has 0 heterocycles. The van der Waals surface area contributed by atoms with Crippen molar-refractivity contribution in [1.29, 1.82) is 0 Å². The predicted molar refractivity (Wildman–Crippen MR) is 142 cm³/mol. The molecule has 0 saturated heterocycles. The lowest BCUT2D eigenvalue weighted by Crippen LogP contribution is -2.45. The Hall–Kier alpha value is -2.56. The second-order valence-corrected chi connectivity index (χ2v) is 10.5. The van der Waals surface area contributed by atoms with Crippen molar-refractivity contribution < 1.29 is 32.5 Å². The number of halogens is 3. The summed E-state index contributed by atoms with van der Waals surface area (Å²) in [5.41, 5.74) is 5.42. The fourth-order valence-electron chi connectivity index (χ4n) is 7.05. The Morgan fingerprint density at radius 3 is 2.53 bits per heavy atom. The summed E-state index contributed by atoms with van der Waals surface area (Å²) in [7, 11) is 2.19. The third-order valence-electron chi connectivity index (χ3n) is 8.65. The first-order valence-corrected chi connectivity index (χ1v) is 13.3. The standard InChI is InChI=1S/C27H34O4.C3H2F2.CH3F/c1-27-16-22(20-5-3-4-6-24(20)31-14-13-30-2)26-19-10-8-18(28)15-17(19)7-9-21(26)23(27)11-12-25(27)29;1-2-3(4)5;1-2/h3-6,15,21-23,25,29H,7-14,16H2,1-2H3;1,3H;1H3. The van der Waals surface area contributed by atoms with E-state index >= 15 is 0 Å². The zero-order valence-corrected chi connectivity index (χ0v) is 22.5. The van der Waals surface area contributed by atoms with Gasteiger partial charge in [-0.2, -0.15) is 8.78 Å². The molecule has 2 saturated carbocycles. The first kappa shape index (κ1) is 30.0. The van der Waals surface area contributed by atoms with Gasteiger partial charge in [-0.25, -0.2) is 0 Å². The van der Waals surface area contributed by atoms with E-state index in [0.717, 1.165) is 44.3 Å². The van der Waals surface area contributed by atoms with E-state index in [1.807, 2.05) is 12.1 Å². The lowest BCUT2D eigenvalue weighted by Gasteiger charge is -2.52. The van der Waals surface area contributed by atoms with Crippen LogP contribution in [0, 0.1) is 29.6 Å². The van der Waals surface area contributed by atoms with E-state index < -0.39 is 6.43 Å². The third-order valence-corrected chi connectivity index (χ3v) is 8.65. The van der Waals surface area contributed by atoms with Gasteiger partial charge < -0.3 is 14.6 Å². The molecule has 0 spiro atoms. The van der Waals surface area contributed by atoms with Gasteiger partial charge >= 0.3 is 0 Å². The van der Waals surface area contributed by atoms with E-state index in [1.54, 1.807) is 12.7 Å². The number of rotatable bonds is 5. The summed E-state index contributed by atoms with van der Waals surface area (Å²) in [6.07, 6.45) is 9.79. The van der Waals surface area contributed by atoms with Gasteiger partial charge in [-0.15, -0.1) is 6.42 Å². The Morgan fingerprint density at radius 2 is 1.84 bits per heavy atom. The molecule has 5 rings (SSSR count). The summed E-state index contributed by atoms with van der Waals surface area (Å²) < 4.78 is 41.9. The first-order valence-electron chi connectivity index (χ1n) is 13.3. The molecule has 0 aliphatic heterocycles. The first-order chi connectivity index (χ1) is 18.3. The van der Waals surface area contributed by atoms with Crippen LogP contribution in [0.3, 0.4) is 0 Å². The number of hydrogen-bond donors (Lipinski definition) is 1. The molecule has 4 aliphatic rings. The number of ketones is 1. The van der Waals surface area contributed by atoms with Crippen LogP contribution in [0.2, 0.25) is 0 Å². The lowest BCUT2D eigenvalue weighted by molar-refractivity contribution is -0.114. The van der Waals surface area contributed by atoms with Crippen LogP contribution in [0.1, 0.15) is 63.4 Å². The van der Waals surface area contributed by atoms with Crippen molar-refractivity contribution in [1.82, 2.24) is 0 Å². The Balaban J connectivity index is 0.000000515. The number of carbonyl (C=O) groups is 1. The van der Waals surface area contributed by atoms with E-state index in [9.17, 15) is 23.1 Å². The van der Waals surface area contributed by atoms with Crippen LogP contribution >= 0.6 is 0 Å². The lowest BCUT2D eigenvalue weighted by atomic mass is 9.53. The maximum atomic E-state index is 12.1. The Labute approximate surface area is 224 Å². The van der Waals surface area contributed by atoms with Crippen molar-refractivity contribution in [2.45, 2.75) is 70.3 Å².